The second kappa shape index (κ2) is 6.19. The molecule has 0 spiro atoms. The molecule has 4 nitrogen and oxygen atoms in total. The summed E-state index contributed by atoms with van der Waals surface area (Å²) in [6.07, 6.45) is -0.358. The van der Waals surface area contributed by atoms with E-state index in [4.69, 9.17) is 4.74 Å². The van der Waals surface area contributed by atoms with Gasteiger partial charge in [0.1, 0.15) is 6.61 Å². The van der Waals surface area contributed by atoms with Gasteiger partial charge >= 0.3 is 12.1 Å². The Morgan fingerprint density at radius 3 is 2.33 bits per heavy atom. The van der Waals surface area contributed by atoms with Crippen molar-refractivity contribution >= 4 is 12.1 Å². The summed E-state index contributed by atoms with van der Waals surface area (Å²) in [5.41, 5.74) is 0.169. The third-order valence-electron chi connectivity index (χ3n) is 2.81. The van der Waals surface area contributed by atoms with Gasteiger partial charge in [0.25, 0.3) is 0 Å². The summed E-state index contributed by atoms with van der Waals surface area (Å²) in [7, 11) is 0. The molecule has 0 aliphatic heterocycles. The highest BCUT2D eigenvalue weighted by Crippen LogP contribution is 2.21. The predicted molar refractivity (Wildman–Crippen MR) is 66.8 cm³/mol. The van der Waals surface area contributed by atoms with E-state index in [-0.39, 0.29) is 6.61 Å². The van der Waals surface area contributed by atoms with Gasteiger partial charge in [-0.05, 0) is 25.8 Å². The molecule has 0 amide bonds. The Labute approximate surface area is 107 Å². The number of ether oxygens (including phenoxy) is 2. The maximum atomic E-state index is 11.6. The number of rotatable bonds is 4. The van der Waals surface area contributed by atoms with E-state index in [1.165, 1.54) is 0 Å². The van der Waals surface area contributed by atoms with E-state index in [0.717, 1.165) is 5.56 Å². The SMILES string of the molecule is CCC(C)(C)C(=O)OC(=O)OCc1ccccc1. The second-order valence-electron chi connectivity index (χ2n) is 4.65. The highest BCUT2D eigenvalue weighted by atomic mass is 16.7. The van der Waals surface area contributed by atoms with E-state index in [1.54, 1.807) is 13.8 Å². The van der Waals surface area contributed by atoms with Crippen LogP contribution in [0.4, 0.5) is 4.79 Å². The van der Waals surface area contributed by atoms with Crippen LogP contribution in [0.25, 0.3) is 0 Å². The topological polar surface area (TPSA) is 52.6 Å². The molecule has 0 heterocycles. The minimum atomic E-state index is -0.953. The molecule has 0 unspecified atom stereocenters. The fourth-order valence-corrected chi connectivity index (χ4v) is 1.10. The summed E-state index contributed by atoms with van der Waals surface area (Å²) in [5, 5.41) is 0. The molecule has 0 N–H and O–H groups in total. The van der Waals surface area contributed by atoms with Crippen LogP contribution in [0.15, 0.2) is 30.3 Å². The predicted octanol–water partition coefficient (Wildman–Crippen LogP) is 3.30. The quantitative estimate of drug-likeness (QED) is 0.607. The summed E-state index contributed by atoms with van der Waals surface area (Å²) in [6, 6.07) is 9.20. The Kier molecular flexibility index (Phi) is 4.89. The van der Waals surface area contributed by atoms with Crippen molar-refractivity contribution in [2.45, 2.75) is 33.8 Å². The van der Waals surface area contributed by atoms with Gasteiger partial charge in [-0.2, -0.15) is 0 Å². The van der Waals surface area contributed by atoms with Crippen LogP contribution >= 0.6 is 0 Å². The molecule has 18 heavy (non-hydrogen) atoms. The van der Waals surface area contributed by atoms with Crippen LogP contribution in [0.2, 0.25) is 0 Å². The first-order chi connectivity index (χ1) is 8.45. The summed E-state index contributed by atoms with van der Waals surface area (Å²) < 4.78 is 9.48. The van der Waals surface area contributed by atoms with Crippen molar-refractivity contribution in [1.29, 1.82) is 0 Å². The van der Waals surface area contributed by atoms with E-state index in [9.17, 15) is 9.59 Å². The van der Waals surface area contributed by atoms with Crippen LogP contribution in [0.3, 0.4) is 0 Å². The van der Waals surface area contributed by atoms with Crippen molar-refractivity contribution in [1.82, 2.24) is 0 Å². The number of carbonyl (C=O) groups excluding carboxylic acids is 2. The molecule has 0 saturated carbocycles. The number of esters is 1. The largest absolute Gasteiger partial charge is 0.516 e. The van der Waals surface area contributed by atoms with Crippen LogP contribution in [0.1, 0.15) is 32.8 Å². The fraction of sp³-hybridized carbons (Fsp3) is 0.429. The third kappa shape index (κ3) is 4.20. The van der Waals surface area contributed by atoms with Gasteiger partial charge in [-0.3, -0.25) is 4.79 Å². The maximum absolute atomic E-state index is 11.6. The lowest BCUT2D eigenvalue weighted by Gasteiger charge is -2.18. The number of hydrogen-bond acceptors (Lipinski definition) is 4. The van der Waals surface area contributed by atoms with Gasteiger partial charge in [0, 0.05) is 0 Å². The molecule has 0 bridgehead atoms. The van der Waals surface area contributed by atoms with Crippen LogP contribution in [-0.2, 0) is 20.9 Å². The molecule has 0 aromatic heterocycles. The van der Waals surface area contributed by atoms with Crippen LogP contribution in [0.5, 0.6) is 0 Å². The monoisotopic (exact) mass is 250 g/mol. The Hall–Kier alpha value is -1.84. The zero-order chi connectivity index (χ0) is 13.6. The number of carbonyl (C=O) groups is 2. The normalized spacial score (nSPS) is 10.8. The molecule has 98 valence electrons. The summed E-state index contributed by atoms with van der Waals surface area (Å²) >= 11 is 0. The van der Waals surface area contributed by atoms with Crippen LogP contribution < -0.4 is 0 Å². The van der Waals surface area contributed by atoms with Gasteiger partial charge in [0.15, 0.2) is 0 Å². The molecule has 1 aromatic carbocycles. The average molecular weight is 250 g/mol. The first-order valence-electron chi connectivity index (χ1n) is 5.88. The molecule has 0 radical (unpaired) electrons. The molecule has 4 heteroatoms. The molecule has 0 aliphatic carbocycles. The molecular formula is C14H18O4. The Bertz CT molecular complexity index is 409. The van der Waals surface area contributed by atoms with Crippen LogP contribution in [-0.4, -0.2) is 12.1 Å². The van der Waals surface area contributed by atoms with Gasteiger partial charge in [-0.15, -0.1) is 0 Å². The van der Waals surface area contributed by atoms with Gasteiger partial charge in [-0.25, -0.2) is 4.79 Å². The van der Waals surface area contributed by atoms with Gasteiger partial charge in [0.2, 0.25) is 0 Å². The summed E-state index contributed by atoms with van der Waals surface area (Å²) in [4.78, 5) is 22.9. The zero-order valence-corrected chi connectivity index (χ0v) is 10.9. The summed E-state index contributed by atoms with van der Waals surface area (Å²) in [6.45, 7) is 5.40. The highest BCUT2D eigenvalue weighted by molar-refractivity contribution is 5.85. The fourth-order valence-electron chi connectivity index (χ4n) is 1.10. The lowest BCUT2D eigenvalue weighted by Crippen LogP contribution is -2.28. The molecule has 1 rings (SSSR count). The molecule has 0 aliphatic rings. The smallest absolute Gasteiger partial charge is 0.429 e. The van der Waals surface area contributed by atoms with Crippen molar-refractivity contribution in [3.63, 3.8) is 0 Å². The highest BCUT2D eigenvalue weighted by Gasteiger charge is 2.29. The van der Waals surface area contributed by atoms with Crippen molar-refractivity contribution in [3.8, 4) is 0 Å². The number of hydrogen-bond donors (Lipinski definition) is 0. The van der Waals surface area contributed by atoms with Gasteiger partial charge in [-0.1, -0.05) is 37.3 Å². The van der Waals surface area contributed by atoms with Crippen molar-refractivity contribution in [3.05, 3.63) is 35.9 Å². The summed E-state index contributed by atoms with van der Waals surface area (Å²) in [5.74, 6) is -0.567. The molecule has 0 atom stereocenters. The molecule has 0 fully saturated rings. The third-order valence-corrected chi connectivity index (χ3v) is 2.81. The van der Waals surface area contributed by atoms with E-state index in [2.05, 4.69) is 4.74 Å². The molecule has 0 saturated heterocycles. The minimum Gasteiger partial charge on any atom is -0.429 e. The lowest BCUT2D eigenvalue weighted by molar-refractivity contribution is -0.150. The van der Waals surface area contributed by atoms with E-state index in [0.29, 0.717) is 6.42 Å². The van der Waals surface area contributed by atoms with Crippen molar-refractivity contribution in [2.24, 2.45) is 5.41 Å². The second-order valence-corrected chi connectivity index (χ2v) is 4.65. The Morgan fingerprint density at radius 1 is 1.17 bits per heavy atom. The first kappa shape index (κ1) is 14.2. The van der Waals surface area contributed by atoms with E-state index < -0.39 is 17.5 Å². The zero-order valence-electron chi connectivity index (χ0n) is 10.9. The van der Waals surface area contributed by atoms with Crippen molar-refractivity contribution < 1.29 is 19.1 Å². The van der Waals surface area contributed by atoms with Gasteiger partial charge in [0.05, 0.1) is 5.41 Å². The van der Waals surface area contributed by atoms with Gasteiger partial charge < -0.3 is 9.47 Å². The van der Waals surface area contributed by atoms with E-state index >= 15 is 0 Å². The van der Waals surface area contributed by atoms with Crippen molar-refractivity contribution in [2.75, 3.05) is 0 Å². The standard InChI is InChI=1S/C14H18O4/c1-4-14(2,3)12(15)18-13(16)17-10-11-8-6-5-7-9-11/h5-9H,4,10H2,1-3H3. The minimum absolute atomic E-state index is 0.0967. The van der Waals surface area contributed by atoms with E-state index in [1.807, 2.05) is 37.3 Å². The Balaban J connectivity index is 2.41. The number of benzene rings is 1. The Morgan fingerprint density at radius 2 is 1.78 bits per heavy atom. The first-order valence-corrected chi connectivity index (χ1v) is 5.88. The molecular weight excluding hydrogens is 232 g/mol. The molecule has 1 aromatic rings. The van der Waals surface area contributed by atoms with Crippen LogP contribution in [0, 0.1) is 5.41 Å². The maximum Gasteiger partial charge on any atom is 0.516 e. The lowest BCUT2D eigenvalue weighted by atomic mass is 9.91. The average Bonchev–Trinajstić information content (AvgIpc) is 2.37.